The van der Waals surface area contributed by atoms with Crippen LogP contribution in [0.1, 0.15) is 19.4 Å². The molecule has 0 bridgehead atoms. The van der Waals surface area contributed by atoms with Gasteiger partial charge < -0.3 is 5.73 Å². The molecule has 0 unspecified atom stereocenters. The van der Waals surface area contributed by atoms with Crippen LogP contribution in [0, 0.1) is 17.0 Å². The number of nitrogens with zero attached hydrogens (tertiary/aromatic N) is 2. The van der Waals surface area contributed by atoms with Crippen LogP contribution in [0.3, 0.4) is 0 Å². The quantitative estimate of drug-likeness (QED) is 0.502. The van der Waals surface area contributed by atoms with Gasteiger partial charge in [-0.15, -0.1) is 0 Å². The van der Waals surface area contributed by atoms with Crippen LogP contribution >= 0.6 is 0 Å². The molecule has 0 spiro atoms. The first-order valence-corrected chi connectivity index (χ1v) is 7.24. The van der Waals surface area contributed by atoms with Crippen molar-refractivity contribution in [2.75, 3.05) is 18.8 Å². The largest absolute Gasteiger partial charge is 0.393 e. The normalized spacial score (nSPS) is 11.8. The molecule has 0 aliphatic heterocycles. The van der Waals surface area contributed by atoms with Crippen molar-refractivity contribution in [1.29, 1.82) is 0 Å². The SMILES string of the molecule is CCN(CC)S(=O)(=O)c1ccc([N+](=O)[O-])c(N)c1C. The molecule has 7 nitrogen and oxygen atoms in total. The van der Waals surface area contributed by atoms with E-state index in [1.807, 2.05) is 0 Å². The molecule has 1 aromatic carbocycles. The Kier molecular flexibility index (Phi) is 4.48. The third-order valence-electron chi connectivity index (χ3n) is 2.96. The number of rotatable bonds is 5. The van der Waals surface area contributed by atoms with Gasteiger partial charge in [0.15, 0.2) is 0 Å². The van der Waals surface area contributed by atoms with E-state index in [0.29, 0.717) is 13.1 Å². The Hall–Kier alpha value is -1.67. The summed E-state index contributed by atoms with van der Waals surface area (Å²) in [6.45, 7) is 5.58. The van der Waals surface area contributed by atoms with Crippen molar-refractivity contribution in [3.05, 3.63) is 27.8 Å². The van der Waals surface area contributed by atoms with Gasteiger partial charge >= 0.3 is 0 Å². The third-order valence-corrected chi connectivity index (χ3v) is 5.16. The molecular weight excluding hydrogens is 270 g/mol. The lowest BCUT2D eigenvalue weighted by Gasteiger charge is -2.20. The molecule has 0 heterocycles. The highest BCUT2D eigenvalue weighted by molar-refractivity contribution is 7.89. The van der Waals surface area contributed by atoms with Crippen LogP contribution in [0.15, 0.2) is 17.0 Å². The fourth-order valence-electron chi connectivity index (χ4n) is 1.84. The summed E-state index contributed by atoms with van der Waals surface area (Å²) in [5.74, 6) is 0. The van der Waals surface area contributed by atoms with Crippen LogP contribution < -0.4 is 5.73 Å². The summed E-state index contributed by atoms with van der Waals surface area (Å²) in [7, 11) is -3.67. The lowest BCUT2D eigenvalue weighted by atomic mass is 10.2. The van der Waals surface area contributed by atoms with Gasteiger partial charge in [0.25, 0.3) is 5.69 Å². The minimum atomic E-state index is -3.67. The fraction of sp³-hybridized carbons (Fsp3) is 0.455. The van der Waals surface area contributed by atoms with E-state index < -0.39 is 14.9 Å². The predicted octanol–water partition coefficient (Wildman–Crippen LogP) is 1.52. The zero-order chi connectivity index (χ0) is 14.8. The molecule has 0 amide bonds. The number of anilines is 1. The van der Waals surface area contributed by atoms with E-state index >= 15 is 0 Å². The standard InChI is InChI=1S/C11H17N3O4S/c1-4-13(5-2)19(17,18)10-7-6-9(14(15)16)11(12)8(10)3/h6-7H,4-5,12H2,1-3H3. The molecule has 8 heteroatoms. The van der Waals surface area contributed by atoms with E-state index in [9.17, 15) is 18.5 Å². The number of hydrogen-bond donors (Lipinski definition) is 1. The van der Waals surface area contributed by atoms with Crippen LogP contribution in [0.4, 0.5) is 11.4 Å². The van der Waals surface area contributed by atoms with E-state index in [-0.39, 0.29) is 21.8 Å². The van der Waals surface area contributed by atoms with Crippen molar-refractivity contribution in [1.82, 2.24) is 4.31 Å². The summed E-state index contributed by atoms with van der Waals surface area (Å²) in [6, 6.07) is 2.36. The molecule has 106 valence electrons. The Morgan fingerprint density at radius 3 is 2.26 bits per heavy atom. The van der Waals surface area contributed by atoms with Gasteiger partial charge in [0, 0.05) is 19.2 Å². The number of nitrogen functional groups attached to an aromatic ring is 1. The minimum Gasteiger partial charge on any atom is -0.393 e. The second-order valence-corrected chi connectivity index (χ2v) is 5.87. The Morgan fingerprint density at radius 2 is 1.84 bits per heavy atom. The van der Waals surface area contributed by atoms with E-state index in [0.717, 1.165) is 6.07 Å². The second kappa shape index (κ2) is 5.54. The van der Waals surface area contributed by atoms with Crippen molar-refractivity contribution >= 4 is 21.4 Å². The minimum absolute atomic E-state index is 0.0132. The molecule has 0 saturated heterocycles. The van der Waals surface area contributed by atoms with Crippen molar-refractivity contribution in [3.63, 3.8) is 0 Å². The van der Waals surface area contributed by atoms with Crippen molar-refractivity contribution in [3.8, 4) is 0 Å². The van der Waals surface area contributed by atoms with Gasteiger partial charge in [-0.1, -0.05) is 13.8 Å². The summed E-state index contributed by atoms with van der Waals surface area (Å²) in [4.78, 5) is 10.1. The van der Waals surface area contributed by atoms with Gasteiger partial charge in [0.05, 0.1) is 9.82 Å². The molecule has 0 aliphatic carbocycles. The summed E-state index contributed by atoms with van der Waals surface area (Å²) >= 11 is 0. The van der Waals surface area contributed by atoms with E-state index in [1.54, 1.807) is 13.8 Å². The van der Waals surface area contributed by atoms with Gasteiger partial charge in [-0.3, -0.25) is 10.1 Å². The maximum Gasteiger partial charge on any atom is 0.292 e. The second-order valence-electron chi connectivity index (χ2n) is 3.97. The monoisotopic (exact) mass is 287 g/mol. The van der Waals surface area contributed by atoms with Crippen LogP contribution in [-0.2, 0) is 10.0 Å². The number of nitro benzene ring substituents is 1. The molecule has 0 aliphatic rings. The highest BCUT2D eigenvalue weighted by atomic mass is 32.2. The van der Waals surface area contributed by atoms with Gasteiger partial charge in [-0.05, 0) is 18.6 Å². The number of nitro groups is 1. The molecule has 0 aromatic heterocycles. The van der Waals surface area contributed by atoms with Gasteiger partial charge in [0.2, 0.25) is 10.0 Å². The van der Waals surface area contributed by atoms with Crippen molar-refractivity contribution in [2.24, 2.45) is 0 Å². The first-order valence-electron chi connectivity index (χ1n) is 5.80. The Balaban J connectivity index is 3.46. The molecule has 0 saturated carbocycles. The molecule has 1 aromatic rings. The summed E-state index contributed by atoms with van der Waals surface area (Å²) < 4.78 is 26.0. The third kappa shape index (κ3) is 2.69. The molecule has 19 heavy (non-hydrogen) atoms. The molecule has 0 fully saturated rings. The zero-order valence-corrected chi connectivity index (χ0v) is 11.9. The molecule has 0 atom stereocenters. The maximum atomic E-state index is 12.3. The topological polar surface area (TPSA) is 107 Å². The smallest absolute Gasteiger partial charge is 0.292 e. The summed E-state index contributed by atoms with van der Waals surface area (Å²) in [5.41, 5.74) is 5.45. The number of nitrogens with two attached hydrogens (primary N) is 1. The van der Waals surface area contributed by atoms with Gasteiger partial charge in [0.1, 0.15) is 5.69 Å². The maximum absolute atomic E-state index is 12.3. The number of sulfonamides is 1. The van der Waals surface area contributed by atoms with Crippen LogP contribution in [0.25, 0.3) is 0 Å². The van der Waals surface area contributed by atoms with E-state index in [2.05, 4.69) is 0 Å². The van der Waals surface area contributed by atoms with Gasteiger partial charge in [-0.2, -0.15) is 4.31 Å². The van der Waals surface area contributed by atoms with E-state index in [1.165, 1.54) is 17.3 Å². The number of hydrogen-bond acceptors (Lipinski definition) is 5. The highest BCUT2D eigenvalue weighted by Gasteiger charge is 2.27. The molecule has 0 radical (unpaired) electrons. The molecule has 1 rings (SSSR count). The first kappa shape index (κ1) is 15.4. The first-order chi connectivity index (χ1) is 8.77. The summed E-state index contributed by atoms with van der Waals surface area (Å²) in [6.07, 6.45) is 0. The average Bonchev–Trinajstić information content (AvgIpc) is 2.32. The lowest BCUT2D eigenvalue weighted by Crippen LogP contribution is -2.31. The Bertz CT molecular complexity index is 594. The van der Waals surface area contributed by atoms with Crippen molar-refractivity contribution < 1.29 is 13.3 Å². The van der Waals surface area contributed by atoms with E-state index in [4.69, 9.17) is 5.73 Å². The highest BCUT2D eigenvalue weighted by Crippen LogP contribution is 2.31. The molecule has 2 N–H and O–H groups in total. The van der Waals surface area contributed by atoms with Crippen LogP contribution in [0.2, 0.25) is 0 Å². The number of benzene rings is 1. The van der Waals surface area contributed by atoms with Crippen LogP contribution in [0.5, 0.6) is 0 Å². The van der Waals surface area contributed by atoms with Crippen molar-refractivity contribution in [2.45, 2.75) is 25.7 Å². The Morgan fingerprint density at radius 1 is 1.32 bits per heavy atom. The summed E-state index contributed by atoms with van der Waals surface area (Å²) in [5, 5.41) is 10.7. The predicted molar refractivity (Wildman–Crippen MR) is 72.4 cm³/mol. The Labute approximate surface area is 112 Å². The van der Waals surface area contributed by atoms with Crippen LogP contribution in [-0.4, -0.2) is 30.7 Å². The average molecular weight is 287 g/mol. The molecular formula is C11H17N3O4S. The van der Waals surface area contributed by atoms with Gasteiger partial charge in [-0.25, -0.2) is 8.42 Å². The lowest BCUT2D eigenvalue weighted by molar-refractivity contribution is -0.384. The zero-order valence-electron chi connectivity index (χ0n) is 11.1. The fourth-order valence-corrected chi connectivity index (χ4v) is 3.53.